The second kappa shape index (κ2) is 6.54. The van der Waals surface area contributed by atoms with Crippen LogP contribution in [0.3, 0.4) is 0 Å². The highest BCUT2D eigenvalue weighted by Gasteiger charge is 2.28. The van der Waals surface area contributed by atoms with Crippen LogP contribution in [-0.2, 0) is 16.1 Å². The van der Waals surface area contributed by atoms with E-state index in [-0.39, 0.29) is 11.9 Å². The molecule has 2 aliphatic heterocycles. The van der Waals surface area contributed by atoms with Crippen LogP contribution in [0.4, 0.5) is 0 Å². The van der Waals surface area contributed by atoms with Crippen molar-refractivity contribution in [1.82, 2.24) is 14.8 Å². The fraction of sp³-hybridized carbons (Fsp3) is 0.625. The SMILES string of the molecule is CC(=O)N1CCC[C@H]1c1cccc(CN2CCOCC2)n1. The van der Waals surface area contributed by atoms with Gasteiger partial charge in [0.15, 0.2) is 0 Å². The molecule has 0 bridgehead atoms. The Hall–Kier alpha value is -1.46. The van der Waals surface area contributed by atoms with Crippen LogP contribution in [0.5, 0.6) is 0 Å². The van der Waals surface area contributed by atoms with Gasteiger partial charge in [-0.1, -0.05) is 6.07 Å². The van der Waals surface area contributed by atoms with Gasteiger partial charge in [-0.25, -0.2) is 0 Å². The summed E-state index contributed by atoms with van der Waals surface area (Å²) in [5, 5.41) is 0. The van der Waals surface area contributed by atoms with Crippen molar-refractivity contribution in [3.8, 4) is 0 Å². The van der Waals surface area contributed by atoms with Crippen LogP contribution in [0.2, 0.25) is 0 Å². The molecule has 2 aliphatic rings. The molecule has 5 nitrogen and oxygen atoms in total. The zero-order chi connectivity index (χ0) is 14.7. The summed E-state index contributed by atoms with van der Waals surface area (Å²) in [6, 6.07) is 6.35. The van der Waals surface area contributed by atoms with Crippen LogP contribution in [-0.4, -0.2) is 53.5 Å². The van der Waals surface area contributed by atoms with Gasteiger partial charge in [-0.05, 0) is 25.0 Å². The number of pyridine rings is 1. The van der Waals surface area contributed by atoms with E-state index in [1.165, 1.54) is 0 Å². The first-order chi connectivity index (χ1) is 10.2. The minimum absolute atomic E-state index is 0.151. The summed E-state index contributed by atoms with van der Waals surface area (Å²) in [5.74, 6) is 0.151. The molecule has 21 heavy (non-hydrogen) atoms. The number of likely N-dealkylation sites (tertiary alicyclic amines) is 1. The van der Waals surface area contributed by atoms with E-state index in [1.54, 1.807) is 6.92 Å². The third-order valence-corrected chi connectivity index (χ3v) is 4.32. The first-order valence-corrected chi connectivity index (χ1v) is 7.77. The van der Waals surface area contributed by atoms with E-state index in [1.807, 2.05) is 4.90 Å². The van der Waals surface area contributed by atoms with Crippen LogP contribution in [0, 0.1) is 0 Å². The fourth-order valence-electron chi connectivity index (χ4n) is 3.21. The van der Waals surface area contributed by atoms with E-state index >= 15 is 0 Å². The maximum Gasteiger partial charge on any atom is 0.220 e. The fourth-order valence-corrected chi connectivity index (χ4v) is 3.21. The normalized spacial score (nSPS) is 23.5. The molecular formula is C16H23N3O2. The number of carbonyl (C=O) groups is 1. The van der Waals surface area contributed by atoms with Crippen molar-refractivity contribution in [2.75, 3.05) is 32.8 Å². The molecule has 1 aromatic rings. The highest BCUT2D eigenvalue weighted by Crippen LogP contribution is 2.30. The second-order valence-electron chi connectivity index (χ2n) is 5.81. The van der Waals surface area contributed by atoms with Gasteiger partial charge in [0.1, 0.15) is 0 Å². The molecule has 0 unspecified atom stereocenters. The van der Waals surface area contributed by atoms with Crippen molar-refractivity contribution in [1.29, 1.82) is 0 Å². The zero-order valence-electron chi connectivity index (χ0n) is 12.6. The monoisotopic (exact) mass is 289 g/mol. The lowest BCUT2D eigenvalue weighted by atomic mass is 10.1. The number of carbonyl (C=O) groups excluding carboxylic acids is 1. The molecule has 0 aliphatic carbocycles. The minimum atomic E-state index is 0.151. The summed E-state index contributed by atoms with van der Waals surface area (Å²) >= 11 is 0. The molecule has 1 aromatic heterocycles. The standard InChI is InChI=1S/C16H23N3O2/c1-13(20)19-7-3-6-16(19)15-5-2-4-14(17-15)12-18-8-10-21-11-9-18/h2,4-5,16H,3,6-12H2,1H3/t16-/m0/s1. The molecule has 0 N–H and O–H groups in total. The average Bonchev–Trinajstić information content (AvgIpc) is 2.98. The summed E-state index contributed by atoms with van der Waals surface area (Å²) in [5.41, 5.74) is 2.12. The minimum Gasteiger partial charge on any atom is -0.379 e. The van der Waals surface area contributed by atoms with Gasteiger partial charge < -0.3 is 9.64 Å². The van der Waals surface area contributed by atoms with Gasteiger partial charge in [0.05, 0.1) is 30.6 Å². The van der Waals surface area contributed by atoms with Crippen LogP contribution in [0.15, 0.2) is 18.2 Å². The Kier molecular flexibility index (Phi) is 4.51. The molecule has 0 aromatic carbocycles. The van der Waals surface area contributed by atoms with Crippen molar-refractivity contribution in [2.45, 2.75) is 32.4 Å². The number of morpholine rings is 1. The molecule has 1 atom stereocenters. The Balaban J connectivity index is 1.71. The summed E-state index contributed by atoms with van der Waals surface area (Å²) < 4.78 is 5.38. The number of hydrogen-bond acceptors (Lipinski definition) is 4. The maximum atomic E-state index is 11.7. The Morgan fingerprint density at radius 1 is 1.33 bits per heavy atom. The van der Waals surface area contributed by atoms with Crippen LogP contribution in [0.25, 0.3) is 0 Å². The molecule has 2 fully saturated rings. The van der Waals surface area contributed by atoms with E-state index in [9.17, 15) is 4.79 Å². The van der Waals surface area contributed by atoms with Gasteiger partial charge in [0, 0.05) is 33.1 Å². The van der Waals surface area contributed by atoms with Crippen LogP contribution in [0.1, 0.15) is 37.2 Å². The summed E-state index contributed by atoms with van der Waals surface area (Å²) in [4.78, 5) is 20.8. The average molecular weight is 289 g/mol. The zero-order valence-corrected chi connectivity index (χ0v) is 12.6. The highest BCUT2D eigenvalue weighted by molar-refractivity contribution is 5.74. The molecule has 5 heteroatoms. The van der Waals surface area contributed by atoms with Gasteiger partial charge in [0.2, 0.25) is 5.91 Å². The number of nitrogens with zero attached hydrogens (tertiary/aromatic N) is 3. The molecule has 0 saturated carbocycles. The van der Waals surface area contributed by atoms with Crippen LogP contribution < -0.4 is 0 Å². The molecule has 1 amide bonds. The Labute approximate surface area is 125 Å². The van der Waals surface area contributed by atoms with Gasteiger partial charge in [-0.3, -0.25) is 14.7 Å². The molecule has 114 valence electrons. The third kappa shape index (κ3) is 3.41. The van der Waals surface area contributed by atoms with E-state index in [0.717, 1.165) is 63.6 Å². The molecular weight excluding hydrogens is 266 g/mol. The van der Waals surface area contributed by atoms with Crippen molar-refractivity contribution >= 4 is 5.91 Å². The Morgan fingerprint density at radius 2 is 2.14 bits per heavy atom. The summed E-state index contributed by atoms with van der Waals surface area (Å²) in [6.07, 6.45) is 2.09. The van der Waals surface area contributed by atoms with E-state index in [2.05, 4.69) is 23.1 Å². The summed E-state index contributed by atoms with van der Waals surface area (Å²) in [6.45, 7) is 6.92. The highest BCUT2D eigenvalue weighted by atomic mass is 16.5. The predicted molar refractivity (Wildman–Crippen MR) is 79.7 cm³/mol. The van der Waals surface area contributed by atoms with Crippen molar-refractivity contribution in [3.63, 3.8) is 0 Å². The topological polar surface area (TPSA) is 45.7 Å². The van der Waals surface area contributed by atoms with Gasteiger partial charge in [-0.2, -0.15) is 0 Å². The molecule has 0 spiro atoms. The van der Waals surface area contributed by atoms with Gasteiger partial charge >= 0.3 is 0 Å². The number of aromatic nitrogens is 1. The first-order valence-electron chi connectivity index (χ1n) is 7.77. The predicted octanol–water partition coefficient (Wildman–Crippen LogP) is 1.60. The number of amides is 1. The van der Waals surface area contributed by atoms with Crippen molar-refractivity contribution < 1.29 is 9.53 Å². The lowest BCUT2D eigenvalue weighted by Crippen LogP contribution is -2.36. The van der Waals surface area contributed by atoms with Crippen molar-refractivity contribution in [2.24, 2.45) is 0 Å². The largest absolute Gasteiger partial charge is 0.379 e. The third-order valence-electron chi connectivity index (χ3n) is 4.32. The lowest BCUT2D eigenvalue weighted by Gasteiger charge is -2.27. The van der Waals surface area contributed by atoms with Crippen LogP contribution >= 0.6 is 0 Å². The molecule has 2 saturated heterocycles. The van der Waals surface area contributed by atoms with E-state index in [0.29, 0.717) is 0 Å². The quantitative estimate of drug-likeness (QED) is 0.848. The number of ether oxygens (including phenoxy) is 1. The van der Waals surface area contributed by atoms with Crippen molar-refractivity contribution in [3.05, 3.63) is 29.6 Å². The van der Waals surface area contributed by atoms with Gasteiger partial charge in [0.25, 0.3) is 0 Å². The number of hydrogen-bond donors (Lipinski definition) is 0. The Morgan fingerprint density at radius 3 is 2.90 bits per heavy atom. The first kappa shape index (κ1) is 14.5. The summed E-state index contributed by atoms with van der Waals surface area (Å²) in [7, 11) is 0. The molecule has 3 heterocycles. The van der Waals surface area contributed by atoms with E-state index < -0.39 is 0 Å². The lowest BCUT2D eigenvalue weighted by molar-refractivity contribution is -0.129. The number of rotatable bonds is 3. The maximum absolute atomic E-state index is 11.7. The second-order valence-corrected chi connectivity index (χ2v) is 5.81. The van der Waals surface area contributed by atoms with Gasteiger partial charge in [-0.15, -0.1) is 0 Å². The van der Waals surface area contributed by atoms with E-state index in [4.69, 9.17) is 9.72 Å². The molecule has 0 radical (unpaired) electrons. The molecule has 3 rings (SSSR count). The Bertz CT molecular complexity index is 500. The smallest absolute Gasteiger partial charge is 0.220 e.